The van der Waals surface area contributed by atoms with Crippen molar-refractivity contribution in [2.75, 3.05) is 27.2 Å². The summed E-state index contributed by atoms with van der Waals surface area (Å²) in [4.78, 5) is 9.01. The zero-order valence-electron chi connectivity index (χ0n) is 18.8. The molecule has 1 aliphatic rings. The van der Waals surface area contributed by atoms with Gasteiger partial charge in [-0.05, 0) is 51.6 Å². The second-order valence-corrected chi connectivity index (χ2v) is 8.65. The van der Waals surface area contributed by atoms with Gasteiger partial charge < -0.3 is 19.3 Å². The summed E-state index contributed by atoms with van der Waals surface area (Å²) < 4.78 is 8.08. The molecule has 1 saturated carbocycles. The fourth-order valence-electron chi connectivity index (χ4n) is 4.37. The van der Waals surface area contributed by atoms with Crippen molar-refractivity contribution in [1.82, 2.24) is 19.4 Å². The highest BCUT2D eigenvalue weighted by atomic mass is 16.5. The van der Waals surface area contributed by atoms with Crippen LogP contribution in [-0.4, -0.2) is 63.9 Å². The first-order chi connectivity index (χ1) is 14.5. The molecule has 0 spiro atoms. The van der Waals surface area contributed by atoms with Crippen LogP contribution in [0.15, 0.2) is 36.7 Å². The Balaban J connectivity index is 1.45. The lowest BCUT2D eigenvalue weighted by atomic mass is 9.94. The Kier molecular flexibility index (Phi) is 8.73. The number of nitrogens with zero attached hydrogens (tertiary/aromatic N) is 4. The highest BCUT2D eigenvalue weighted by Gasteiger charge is 2.20. The predicted octanol–water partition coefficient (Wildman–Crippen LogP) is 3.54. The number of aliphatic hydroxyl groups excluding tert-OH is 1. The molecular weight excluding hydrogens is 376 g/mol. The van der Waals surface area contributed by atoms with Crippen LogP contribution in [-0.2, 0) is 19.6 Å². The number of imidazole rings is 1. The topological polar surface area (TPSA) is 53.8 Å². The van der Waals surface area contributed by atoms with Gasteiger partial charge in [-0.1, -0.05) is 31.4 Å². The van der Waals surface area contributed by atoms with Crippen LogP contribution in [0.2, 0.25) is 0 Å². The summed E-state index contributed by atoms with van der Waals surface area (Å²) in [7, 11) is 4.23. The summed E-state index contributed by atoms with van der Waals surface area (Å²) in [6, 6.07) is 8.77. The van der Waals surface area contributed by atoms with Crippen molar-refractivity contribution < 1.29 is 9.84 Å². The van der Waals surface area contributed by atoms with Gasteiger partial charge in [-0.2, -0.15) is 0 Å². The Bertz CT molecular complexity index is 757. The number of ether oxygens (including phenoxy) is 1. The lowest BCUT2D eigenvalue weighted by molar-refractivity contribution is 0.0561. The fourth-order valence-corrected chi connectivity index (χ4v) is 4.37. The summed E-state index contributed by atoms with van der Waals surface area (Å²) in [6.07, 6.45) is 9.87. The standard InChI is InChI=1S/C24H38N4O2/c1-4-28-14-13-25-24(28)18-26(2)16-20-9-8-12-23(15-20)30-19-22(29)17-27(3)21-10-6-5-7-11-21/h8-9,12-15,21-22,29H,4-7,10-11,16-19H2,1-3H3/t22-/m1/s1. The van der Waals surface area contributed by atoms with Crippen molar-refractivity contribution in [1.29, 1.82) is 0 Å². The Morgan fingerprint density at radius 3 is 2.77 bits per heavy atom. The molecule has 1 N–H and O–H groups in total. The van der Waals surface area contributed by atoms with E-state index in [1.807, 2.05) is 24.5 Å². The van der Waals surface area contributed by atoms with Crippen LogP contribution in [0.1, 0.15) is 50.4 Å². The zero-order valence-corrected chi connectivity index (χ0v) is 18.8. The molecule has 30 heavy (non-hydrogen) atoms. The van der Waals surface area contributed by atoms with Crippen molar-refractivity contribution in [2.45, 2.75) is 70.8 Å². The molecule has 1 aromatic heterocycles. The third-order valence-electron chi connectivity index (χ3n) is 6.04. The molecule has 6 nitrogen and oxygen atoms in total. The maximum atomic E-state index is 10.4. The second-order valence-electron chi connectivity index (χ2n) is 8.65. The molecule has 0 unspecified atom stereocenters. The van der Waals surface area contributed by atoms with Crippen LogP contribution < -0.4 is 4.74 Å². The number of benzene rings is 1. The quantitative estimate of drug-likeness (QED) is 0.610. The molecule has 166 valence electrons. The van der Waals surface area contributed by atoms with Crippen molar-refractivity contribution in [2.24, 2.45) is 0 Å². The third kappa shape index (κ3) is 6.83. The van der Waals surface area contributed by atoms with Gasteiger partial charge in [-0.3, -0.25) is 4.90 Å². The van der Waals surface area contributed by atoms with Crippen LogP contribution in [0.4, 0.5) is 0 Å². The van der Waals surface area contributed by atoms with E-state index in [0.717, 1.165) is 31.2 Å². The summed E-state index contributed by atoms with van der Waals surface area (Å²) in [6.45, 7) is 5.68. The first-order valence-corrected chi connectivity index (χ1v) is 11.3. The molecule has 0 bridgehead atoms. The zero-order chi connectivity index (χ0) is 21.3. The molecule has 1 atom stereocenters. The molecule has 0 saturated heterocycles. The normalized spacial score (nSPS) is 16.3. The number of hydrogen-bond donors (Lipinski definition) is 1. The van der Waals surface area contributed by atoms with Gasteiger partial charge in [0.15, 0.2) is 0 Å². The number of hydrogen-bond acceptors (Lipinski definition) is 5. The average Bonchev–Trinajstić information content (AvgIpc) is 3.20. The van der Waals surface area contributed by atoms with Gasteiger partial charge in [-0.25, -0.2) is 4.98 Å². The first-order valence-electron chi connectivity index (χ1n) is 11.3. The molecule has 1 fully saturated rings. The third-order valence-corrected chi connectivity index (χ3v) is 6.04. The molecule has 1 heterocycles. The summed E-state index contributed by atoms with van der Waals surface area (Å²) in [5.74, 6) is 1.90. The molecule has 0 radical (unpaired) electrons. The van der Waals surface area contributed by atoms with Gasteiger partial charge >= 0.3 is 0 Å². The van der Waals surface area contributed by atoms with E-state index in [4.69, 9.17) is 4.74 Å². The van der Waals surface area contributed by atoms with Gasteiger partial charge in [0.05, 0.1) is 6.54 Å². The highest BCUT2D eigenvalue weighted by Crippen LogP contribution is 2.22. The maximum Gasteiger partial charge on any atom is 0.122 e. The smallest absolute Gasteiger partial charge is 0.122 e. The largest absolute Gasteiger partial charge is 0.491 e. The molecule has 0 aliphatic heterocycles. The summed E-state index contributed by atoms with van der Waals surface area (Å²) >= 11 is 0. The molecule has 3 rings (SSSR count). The van der Waals surface area contributed by atoms with Crippen molar-refractivity contribution in [3.63, 3.8) is 0 Å². The highest BCUT2D eigenvalue weighted by molar-refractivity contribution is 5.28. The number of aryl methyl sites for hydroxylation is 1. The predicted molar refractivity (Wildman–Crippen MR) is 121 cm³/mol. The summed E-state index contributed by atoms with van der Waals surface area (Å²) in [5, 5.41) is 10.4. The van der Waals surface area contributed by atoms with E-state index in [2.05, 4.69) is 52.5 Å². The Labute approximate surface area is 181 Å². The molecular formula is C24H38N4O2. The Hall–Kier alpha value is -1.89. The summed E-state index contributed by atoms with van der Waals surface area (Å²) in [5.41, 5.74) is 1.19. The first kappa shape index (κ1) is 22.8. The molecule has 1 aromatic carbocycles. The lowest BCUT2D eigenvalue weighted by Crippen LogP contribution is -2.40. The van der Waals surface area contributed by atoms with E-state index < -0.39 is 6.10 Å². The van der Waals surface area contributed by atoms with E-state index in [0.29, 0.717) is 19.2 Å². The number of aliphatic hydroxyl groups is 1. The Morgan fingerprint density at radius 1 is 1.20 bits per heavy atom. The number of rotatable bonds is 11. The lowest BCUT2D eigenvalue weighted by Gasteiger charge is -2.32. The SMILES string of the molecule is CCn1ccnc1CN(C)Cc1cccc(OC[C@H](O)CN(C)C2CCCCC2)c1. The molecule has 1 aliphatic carbocycles. The van der Waals surface area contributed by atoms with Crippen LogP contribution in [0.5, 0.6) is 5.75 Å². The van der Waals surface area contributed by atoms with E-state index in [1.54, 1.807) is 0 Å². The Morgan fingerprint density at radius 2 is 2.00 bits per heavy atom. The molecule has 2 aromatic rings. The molecule has 6 heteroatoms. The monoisotopic (exact) mass is 414 g/mol. The fraction of sp³-hybridized carbons (Fsp3) is 0.625. The van der Waals surface area contributed by atoms with Crippen molar-refractivity contribution in [3.05, 3.63) is 48.0 Å². The second kappa shape index (κ2) is 11.5. The van der Waals surface area contributed by atoms with E-state index in [9.17, 15) is 5.11 Å². The van der Waals surface area contributed by atoms with E-state index in [-0.39, 0.29) is 0 Å². The minimum atomic E-state index is -0.476. The number of aromatic nitrogens is 2. The van der Waals surface area contributed by atoms with Crippen LogP contribution in [0.25, 0.3) is 0 Å². The van der Waals surface area contributed by atoms with Crippen LogP contribution in [0, 0.1) is 0 Å². The van der Waals surface area contributed by atoms with Crippen molar-refractivity contribution >= 4 is 0 Å². The number of likely N-dealkylation sites (N-methyl/N-ethyl adjacent to an activating group) is 1. The van der Waals surface area contributed by atoms with Gasteiger partial charge in [0.2, 0.25) is 0 Å². The van der Waals surface area contributed by atoms with Gasteiger partial charge in [0.25, 0.3) is 0 Å². The molecule has 0 amide bonds. The van der Waals surface area contributed by atoms with Gasteiger partial charge in [0.1, 0.15) is 24.3 Å². The van der Waals surface area contributed by atoms with Gasteiger partial charge in [0, 0.05) is 38.1 Å². The minimum absolute atomic E-state index is 0.324. The van der Waals surface area contributed by atoms with E-state index in [1.165, 1.54) is 37.7 Å². The van der Waals surface area contributed by atoms with Crippen molar-refractivity contribution in [3.8, 4) is 5.75 Å². The maximum absolute atomic E-state index is 10.4. The van der Waals surface area contributed by atoms with Crippen LogP contribution in [0.3, 0.4) is 0 Å². The van der Waals surface area contributed by atoms with E-state index >= 15 is 0 Å². The average molecular weight is 415 g/mol. The van der Waals surface area contributed by atoms with Gasteiger partial charge in [-0.15, -0.1) is 0 Å². The van der Waals surface area contributed by atoms with Crippen LogP contribution >= 0.6 is 0 Å². The minimum Gasteiger partial charge on any atom is -0.491 e.